The topological polar surface area (TPSA) is 152 Å². The lowest BCUT2D eigenvalue weighted by Crippen LogP contribution is -2.29. The lowest BCUT2D eigenvalue weighted by Gasteiger charge is -2.25. The molecule has 0 spiro atoms. The van der Waals surface area contributed by atoms with E-state index in [-0.39, 0.29) is 11.5 Å². The van der Waals surface area contributed by atoms with Crippen LogP contribution in [0, 0.1) is 11.3 Å². The van der Waals surface area contributed by atoms with Gasteiger partial charge in [-0.1, -0.05) is 30.3 Å². The molecule has 2 atom stereocenters. The van der Waals surface area contributed by atoms with Gasteiger partial charge >= 0.3 is 0 Å². The quantitative estimate of drug-likeness (QED) is 0.445. The van der Waals surface area contributed by atoms with Crippen LogP contribution in [0.1, 0.15) is 51.9 Å². The minimum Gasteiger partial charge on any atom is -0.501 e. The van der Waals surface area contributed by atoms with Crippen LogP contribution >= 0.6 is 0 Å². The fourth-order valence-electron chi connectivity index (χ4n) is 3.93. The number of nitrogens with zero attached hydrogens (tertiary/aromatic N) is 6. The summed E-state index contributed by atoms with van der Waals surface area (Å²) in [4.78, 5) is 34.5. The molecule has 0 aliphatic rings. The van der Waals surface area contributed by atoms with Crippen LogP contribution in [0.5, 0.6) is 5.75 Å². The van der Waals surface area contributed by atoms with Crippen molar-refractivity contribution in [2.75, 3.05) is 5.32 Å². The van der Waals surface area contributed by atoms with E-state index in [4.69, 9.17) is 4.52 Å². The molecule has 3 heterocycles. The smallest absolute Gasteiger partial charge is 0.296 e. The number of aryl methyl sites for hydroxylation is 1. The molecule has 0 bridgehead atoms. The van der Waals surface area contributed by atoms with E-state index >= 15 is 0 Å². The summed E-state index contributed by atoms with van der Waals surface area (Å²) >= 11 is 0. The normalized spacial score (nSPS) is 12.6. The summed E-state index contributed by atoms with van der Waals surface area (Å²) in [5, 5.41) is 26.1. The van der Waals surface area contributed by atoms with Gasteiger partial charge in [0.1, 0.15) is 17.8 Å². The Bertz CT molecular complexity index is 1450. The van der Waals surface area contributed by atoms with Gasteiger partial charge in [0.25, 0.3) is 11.5 Å². The molecule has 0 saturated carbocycles. The van der Waals surface area contributed by atoms with Gasteiger partial charge in [0.05, 0.1) is 29.9 Å². The predicted molar refractivity (Wildman–Crippen MR) is 120 cm³/mol. The third kappa shape index (κ3) is 4.04. The Balaban J connectivity index is 1.85. The molecule has 4 aromatic rings. The molecular formula is C23H21N7O4. The molecule has 0 radical (unpaired) electrons. The summed E-state index contributed by atoms with van der Waals surface area (Å²) in [5.41, 5.74) is 0.861. The Morgan fingerprint density at radius 2 is 2.06 bits per heavy atom. The molecule has 0 aliphatic heterocycles. The number of hydrogen-bond acceptors (Lipinski definition) is 8. The Morgan fingerprint density at radius 1 is 1.29 bits per heavy atom. The molecule has 172 valence electrons. The number of aromatic nitrogens is 5. The van der Waals surface area contributed by atoms with Crippen LogP contribution in [0.2, 0.25) is 0 Å². The number of nitriles is 1. The molecule has 1 amide bonds. The number of amides is 1. The van der Waals surface area contributed by atoms with Crippen LogP contribution in [0.25, 0.3) is 0 Å². The molecule has 0 aliphatic carbocycles. The molecule has 0 fully saturated rings. The molecule has 1 aromatic carbocycles. The van der Waals surface area contributed by atoms with Crippen molar-refractivity contribution in [3.63, 3.8) is 0 Å². The first-order valence-corrected chi connectivity index (χ1v) is 10.3. The fraction of sp³-hybridized carbons (Fsp3) is 0.217. The number of carbonyl (C=O) groups is 1. The lowest BCUT2D eigenvalue weighted by atomic mass is 9.82. The molecule has 0 unspecified atom stereocenters. The van der Waals surface area contributed by atoms with E-state index in [1.807, 2.05) is 32.3 Å². The van der Waals surface area contributed by atoms with Crippen molar-refractivity contribution in [1.29, 1.82) is 5.26 Å². The zero-order chi connectivity index (χ0) is 24.4. The first-order valence-electron chi connectivity index (χ1n) is 10.3. The van der Waals surface area contributed by atoms with Gasteiger partial charge < -0.3 is 19.5 Å². The maximum absolute atomic E-state index is 12.8. The summed E-state index contributed by atoms with van der Waals surface area (Å²) in [6.07, 6.45) is 5.95. The lowest BCUT2D eigenvalue weighted by molar-refractivity contribution is 0.101. The second-order valence-electron chi connectivity index (χ2n) is 7.83. The van der Waals surface area contributed by atoms with E-state index in [9.17, 15) is 20.0 Å². The molecule has 2 N–H and O–H groups in total. The molecule has 0 saturated heterocycles. The van der Waals surface area contributed by atoms with Crippen molar-refractivity contribution < 1.29 is 14.4 Å². The maximum Gasteiger partial charge on any atom is 0.296 e. The third-order valence-corrected chi connectivity index (χ3v) is 5.57. The van der Waals surface area contributed by atoms with Crippen LogP contribution in [-0.2, 0) is 14.1 Å². The van der Waals surface area contributed by atoms with Crippen LogP contribution in [0.15, 0.2) is 58.6 Å². The number of benzene rings is 1. The van der Waals surface area contributed by atoms with Crippen LogP contribution in [0.3, 0.4) is 0 Å². The van der Waals surface area contributed by atoms with E-state index in [2.05, 4.69) is 26.5 Å². The van der Waals surface area contributed by atoms with Gasteiger partial charge in [-0.2, -0.15) is 5.26 Å². The summed E-state index contributed by atoms with van der Waals surface area (Å²) in [5.74, 6) is -2.31. The Labute approximate surface area is 193 Å². The van der Waals surface area contributed by atoms with E-state index in [1.165, 1.54) is 24.1 Å². The monoisotopic (exact) mass is 459 g/mol. The molecule has 11 heteroatoms. The summed E-state index contributed by atoms with van der Waals surface area (Å²) in [6, 6.07) is 9.33. The van der Waals surface area contributed by atoms with Crippen molar-refractivity contribution in [1.82, 2.24) is 24.3 Å². The molecule has 3 aromatic heterocycles. The Hall–Kier alpha value is -4.72. The second-order valence-corrected chi connectivity index (χ2v) is 7.83. The van der Waals surface area contributed by atoms with Gasteiger partial charge in [-0.15, -0.1) is 0 Å². The highest BCUT2D eigenvalue weighted by atomic mass is 16.5. The van der Waals surface area contributed by atoms with Crippen LogP contribution in [-0.4, -0.2) is 35.3 Å². The minimum atomic E-state index is -0.793. The van der Waals surface area contributed by atoms with Gasteiger partial charge in [0.15, 0.2) is 5.69 Å². The first-order chi connectivity index (χ1) is 16.3. The molecular weight excluding hydrogens is 438 g/mol. The number of anilines is 1. The standard InChI is InChI=1S/C23H21N7O4/c1-13(18(17-10-29(2)12-25-17)16-7-5-4-6-14(16)8-24)21-28-19(20(31)23(33)30(21)3)22(32)27-15-9-26-34-11-15/h4-7,9-13,18,31H,1-3H3,(H,27,32)/t13-,18-/m1/s1. The fourth-order valence-corrected chi connectivity index (χ4v) is 3.93. The molecule has 34 heavy (non-hydrogen) atoms. The maximum atomic E-state index is 12.8. The minimum absolute atomic E-state index is 0.238. The van der Waals surface area contributed by atoms with Gasteiger partial charge in [0, 0.05) is 32.1 Å². The van der Waals surface area contributed by atoms with Crippen molar-refractivity contribution in [2.24, 2.45) is 14.1 Å². The Morgan fingerprint density at radius 3 is 2.71 bits per heavy atom. The van der Waals surface area contributed by atoms with Gasteiger partial charge in [-0.3, -0.25) is 14.2 Å². The summed E-state index contributed by atoms with van der Waals surface area (Å²) < 4.78 is 7.67. The second kappa shape index (κ2) is 9.03. The van der Waals surface area contributed by atoms with Crippen molar-refractivity contribution in [2.45, 2.75) is 18.8 Å². The van der Waals surface area contributed by atoms with Crippen molar-refractivity contribution in [3.8, 4) is 11.8 Å². The molecule has 4 rings (SSSR count). The summed E-state index contributed by atoms with van der Waals surface area (Å²) in [6.45, 7) is 1.83. The summed E-state index contributed by atoms with van der Waals surface area (Å²) in [7, 11) is 3.30. The number of carbonyl (C=O) groups excluding carboxylic acids is 1. The predicted octanol–water partition coefficient (Wildman–Crippen LogP) is 2.27. The van der Waals surface area contributed by atoms with E-state index in [0.29, 0.717) is 16.8 Å². The highest BCUT2D eigenvalue weighted by Gasteiger charge is 2.31. The van der Waals surface area contributed by atoms with E-state index < -0.39 is 34.7 Å². The van der Waals surface area contributed by atoms with E-state index in [1.54, 1.807) is 23.0 Å². The number of rotatable bonds is 6. The molecule has 11 nitrogen and oxygen atoms in total. The number of imidazole rings is 1. The van der Waals surface area contributed by atoms with Gasteiger partial charge in [-0.05, 0) is 11.6 Å². The van der Waals surface area contributed by atoms with E-state index in [0.717, 1.165) is 0 Å². The SMILES string of the molecule is C[C@@H](c1nc(C(=O)Nc2cnoc2)c(O)c(=O)n1C)[C@@H](c1cn(C)cn1)c1ccccc1C#N. The largest absolute Gasteiger partial charge is 0.501 e. The highest BCUT2D eigenvalue weighted by molar-refractivity contribution is 6.04. The van der Waals surface area contributed by atoms with Crippen LogP contribution < -0.4 is 10.9 Å². The zero-order valence-electron chi connectivity index (χ0n) is 18.6. The van der Waals surface area contributed by atoms with Gasteiger partial charge in [-0.25, -0.2) is 9.97 Å². The number of nitrogens with one attached hydrogen (secondary N) is 1. The average molecular weight is 459 g/mol. The third-order valence-electron chi connectivity index (χ3n) is 5.57. The first kappa shape index (κ1) is 22.5. The van der Waals surface area contributed by atoms with Crippen molar-refractivity contribution >= 4 is 11.6 Å². The highest BCUT2D eigenvalue weighted by Crippen LogP contribution is 2.38. The average Bonchev–Trinajstić information content (AvgIpc) is 3.50. The van der Waals surface area contributed by atoms with Crippen molar-refractivity contribution in [3.05, 3.63) is 87.9 Å². The number of hydrogen-bond donors (Lipinski definition) is 2. The van der Waals surface area contributed by atoms with Gasteiger partial charge in [0.2, 0.25) is 5.75 Å². The Kier molecular flexibility index (Phi) is 5.97. The van der Waals surface area contributed by atoms with Crippen LogP contribution in [0.4, 0.5) is 5.69 Å². The number of aromatic hydroxyl groups is 1. The zero-order valence-corrected chi connectivity index (χ0v) is 18.6.